The lowest BCUT2D eigenvalue weighted by Crippen LogP contribution is -2.00. The molecule has 1 atom stereocenters. The molecule has 106 valence electrons. The maximum absolute atomic E-state index is 6.21. The van der Waals surface area contributed by atoms with Gasteiger partial charge in [-0.2, -0.15) is 0 Å². The van der Waals surface area contributed by atoms with Gasteiger partial charge < -0.3 is 4.74 Å². The van der Waals surface area contributed by atoms with E-state index in [2.05, 4.69) is 66.6 Å². The van der Waals surface area contributed by atoms with Gasteiger partial charge in [0.1, 0.15) is 5.75 Å². The topological polar surface area (TPSA) is 9.23 Å². The fraction of sp³-hybridized carbons (Fsp3) is 0.200. The van der Waals surface area contributed by atoms with Crippen LogP contribution in [-0.2, 0) is 0 Å². The molecule has 0 spiro atoms. The summed E-state index contributed by atoms with van der Waals surface area (Å²) >= 11 is 15.7. The largest absolute Gasteiger partial charge is 0.494 e. The molecule has 0 heterocycles. The molecule has 2 aromatic rings. The molecule has 0 aliphatic carbocycles. The van der Waals surface area contributed by atoms with Gasteiger partial charge in [-0.25, -0.2) is 0 Å². The molecule has 0 aliphatic heterocycles. The van der Waals surface area contributed by atoms with Crippen LogP contribution >= 0.6 is 66.1 Å². The van der Waals surface area contributed by atoms with Crippen LogP contribution in [0, 0.1) is 3.57 Å². The van der Waals surface area contributed by atoms with E-state index >= 15 is 0 Å². The van der Waals surface area contributed by atoms with Gasteiger partial charge >= 0.3 is 0 Å². The van der Waals surface area contributed by atoms with E-state index in [1.165, 1.54) is 0 Å². The summed E-state index contributed by atoms with van der Waals surface area (Å²) in [6.07, 6.45) is 0. The average molecular weight is 530 g/mol. The van der Waals surface area contributed by atoms with Gasteiger partial charge in [0, 0.05) is 13.6 Å². The number of rotatable bonds is 4. The minimum absolute atomic E-state index is 0.0380. The summed E-state index contributed by atoms with van der Waals surface area (Å²) in [5, 5.41) is 0.764. The summed E-state index contributed by atoms with van der Waals surface area (Å²) in [7, 11) is 0. The highest BCUT2D eigenvalue weighted by Crippen LogP contribution is 2.39. The van der Waals surface area contributed by atoms with E-state index in [1.54, 1.807) is 0 Å². The number of hydrogen-bond donors (Lipinski definition) is 0. The first-order valence-corrected chi connectivity index (χ1v) is 9.20. The van der Waals surface area contributed by atoms with Gasteiger partial charge in [-0.1, -0.05) is 49.5 Å². The van der Waals surface area contributed by atoms with Crippen molar-refractivity contribution in [2.75, 3.05) is 6.61 Å². The van der Waals surface area contributed by atoms with E-state index in [0.29, 0.717) is 6.61 Å². The van der Waals surface area contributed by atoms with E-state index in [0.717, 1.165) is 29.9 Å². The molecule has 2 aromatic carbocycles. The summed E-state index contributed by atoms with van der Waals surface area (Å²) in [5.74, 6) is 0.882. The highest BCUT2D eigenvalue weighted by Gasteiger charge is 2.17. The molecule has 5 heteroatoms. The van der Waals surface area contributed by atoms with E-state index in [1.807, 2.05) is 31.2 Å². The van der Waals surface area contributed by atoms with Crippen molar-refractivity contribution in [3.8, 4) is 5.75 Å². The number of alkyl halides is 1. The Morgan fingerprint density at radius 3 is 2.65 bits per heavy atom. The quantitative estimate of drug-likeness (QED) is 0.320. The van der Waals surface area contributed by atoms with Crippen molar-refractivity contribution in [1.82, 2.24) is 0 Å². The SMILES string of the molecule is CCOc1ccc(Br)cc1C(Br)c1ccc(I)c(Cl)c1. The normalized spacial score (nSPS) is 12.2. The first-order chi connectivity index (χ1) is 9.52. The Morgan fingerprint density at radius 2 is 2.00 bits per heavy atom. The maximum Gasteiger partial charge on any atom is 0.124 e. The summed E-state index contributed by atoms with van der Waals surface area (Å²) < 4.78 is 7.78. The van der Waals surface area contributed by atoms with Crippen molar-refractivity contribution >= 4 is 66.1 Å². The van der Waals surface area contributed by atoms with Crippen molar-refractivity contribution in [3.63, 3.8) is 0 Å². The van der Waals surface area contributed by atoms with E-state index < -0.39 is 0 Å². The number of halogens is 4. The smallest absolute Gasteiger partial charge is 0.124 e. The maximum atomic E-state index is 6.21. The molecule has 0 N–H and O–H groups in total. The zero-order valence-corrected chi connectivity index (χ0v) is 16.8. The summed E-state index contributed by atoms with van der Waals surface area (Å²) in [5.41, 5.74) is 2.19. The predicted octanol–water partition coefficient (Wildman–Crippen LogP) is 6.59. The van der Waals surface area contributed by atoms with Crippen molar-refractivity contribution < 1.29 is 4.74 Å². The van der Waals surface area contributed by atoms with Crippen molar-refractivity contribution in [2.24, 2.45) is 0 Å². The number of ether oxygens (including phenoxy) is 1. The van der Waals surface area contributed by atoms with Gasteiger partial charge in [-0.3, -0.25) is 0 Å². The third-order valence-corrected chi connectivity index (χ3v) is 5.87. The predicted molar refractivity (Wildman–Crippen MR) is 100 cm³/mol. The first-order valence-electron chi connectivity index (χ1n) is 6.04. The molecular formula is C15H12Br2ClIO. The Labute approximate surface area is 154 Å². The number of benzene rings is 2. The fourth-order valence-electron chi connectivity index (χ4n) is 1.85. The van der Waals surface area contributed by atoms with Crippen LogP contribution < -0.4 is 4.74 Å². The lowest BCUT2D eigenvalue weighted by atomic mass is 10.0. The van der Waals surface area contributed by atoms with Crippen LogP contribution in [0.4, 0.5) is 0 Å². The Bertz CT molecular complexity index is 619. The lowest BCUT2D eigenvalue weighted by molar-refractivity contribution is 0.337. The van der Waals surface area contributed by atoms with Crippen molar-refractivity contribution in [3.05, 3.63) is 60.6 Å². The van der Waals surface area contributed by atoms with Gasteiger partial charge in [-0.15, -0.1) is 0 Å². The van der Waals surface area contributed by atoms with Crippen LogP contribution in [0.2, 0.25) is 5.02 Å². The molecule has 0 aliphatic rings. The van der Waals surface area contributed by atoms with Gasteiger partial charge in [0.05, 0.1) is 16.5 Å². The van der Waals surface area contributed by atoms with Crippen LogP contribution in [0.25, 0.3) is 0 Å². The summed E-state index contributed by atoms with van der Waals surface area (Å²) in [4.78, 5) is 0.0380. The monoisotopic (exact) mass is 528 g/mol. The Hall–Kier alpha value is 0.220. The third kappa shape index (κ3) is 3.90. The fourth-order valence-corrected chi connectivity index (χ4v) is 3.40. The highest BCUT2D eigenvalue weighted by atomic mass is 127. The molecule has 0 bridgehead atoms. The highest BCUT2D eigenvalue weighted by molar-refractivity contribution is 14.1. The molecule has 1 unspecified atom stereocenters. The standard InChI is InChI=1S/C15H12Br2ClIO/c1-2-20-14-6-4-10(16)8-11(14)15(17)9-3-5-13(19)12(18)7-9/h3-8,15H,2H2,1H3. The van der Waals surface area contributed by atoms with Gasteiger partial charge in [0.15, 0.2) is 0 Å². The Kier molecular flexibility index (Phi) is 6.20. The van der Waals surface area contributed by atoms with Crippen LogP contribution in [0.1, 0.15) is 22.9 Å². The molecule has 2 rings (SSSR count). The Balaban J connectivity index is 2.43. The van der Waals surface area contributed by atoms with Crippen molar-refractivity contribution in [1.29, 1.82) is 0 Å². The molecule has 1 nitrogen and oxygen atoms in total. The molecule has 20 heavy (non-hydrogen) atoms. The van der Waals surface area contributed by atoms with Gasteiger partial charge in [0.2, 0.25) is 0 Å². The van der Waals surface area contributed by atoms with E-state index in [9.17, 15) is 0 Å². The Morgan fingerprint density at radius 1 is 1.25 bits per heavy atom. The average Bonchev–Trinajstić information content (AvgIpc) is 2.43. The molecule has 0 aromatic heterocycles. The second-order valence-electron chi connectivity index (χ2n) is 4.15. The van der Waals surface area contributed by atoms with Crippen LogP contribution in [-0.4, -0.2) is 6.61 Å². The van der Waals surface area contributed by atoms with Gasteiger partial charge in [-0.05, 0) is 65.4 Å². The van der Waals surface area contributed by atoms with Gasteiger partial charge in [0.25, 0.3) is 0 Å². The molecular weight excluding hydrogens is 518 g/mol. The van der Waals surface area contributed by atoms with Crippen LogP contribution in [0.5, 0.6) is 5.75 Å². The second-order valence-corrected chi connectivity index (χ2v) is 7.55. The van der Waals surface area contributed by atoms with E-state index in [4.69, 9.17) is 16.3 Å². The van der Waals surface area contributed by atoms with Crippen LogP contribution in [0.15, 0.2) is 40.9 Å². The van der Waals surface area contributed by atoms with Crippen molar-refractivity contribution in [2.45, 2.75) is 11.8 Å². The lowest BCUT2D eigenvalue weighted by Gasteiger charge is -2.16. The second kappa shape index (κ2) is 7.47. The molecule has 0 radical (unpaired) electrons. The van der Waals surface area contributed by atoms with E-state index in [-0.39, 0.29) is 4.83 Å². The molecule has 0 fully saturated rings. The number of hydrogen-bond acceptors (Lipinski definition) is 1. The molecule has 0 saturated carbocycles. The summed E-state index contributed by atoms with van der Waals surface area (Å²) in [6, 6.07) is 12.1. The summed E-state index contributed by atoms with van der Waals surface area (Å²) in [6.45, 7) is 2.62. The third-order valence-electron chi connectivity index (χ3n) is 2.78. The van der Waals surface area contributed by atoms with Crippen LogP contribution in [0.3, 0.4) is 0 Å². The minimum Gasteiger partial charge on any atom is -0.494 e. The zero-order chi connectivity index (χ0) is 14.7. The zero-order valence-electron chi connectivity index (χ0n) is 10.7. The first kappa shape index (κ1) is 16.6. The molecule has 0 saturated heterocycles. The minimum atomic E-state index is 0.0380. The molecule has 0 amide bonds.